The average Bonchev–Trinajstić information content (AvgIpc) is 2.49. The number of anilines is 1. The molecule has 0 bridgehead atoms. The van der Waals surface area contributed by atoms with Gasteiger partial charge in [-0.2, -0.15) is 10.3 Å². The van der Waals surface area contributed by atoms with E-state index in [1.54, 1.807) is 6.07 Å². The van der Waals surface area contributed by atoms with E-state index >= 15 is 0 Å². The van der Waals surface area contributed by atoms with Crippen LogP contribution in [0.2, 0.25) is 0 Å². The number of aliphatic imine (C=N–C) groups is 2. The molecular weight excluding hydrogens is 471 g/mol. The summed E-state index contributed by atoms with van der Waals surface area (Å²) in [5.41, 5.74) is 12.9. The van der Waals surface area contributed by atoms with Gasteiger partial charge >= 0.3 is 0 Å². The summed E-state index contributed by atoms with van der Waals surface area (Å²) in [4.78, 5) is 10.7. The normalized spacial score (nSPS) is 20.0. The van der Waals surface area contributed by atoms with Crippen molar-refractivity contribution in [2.24, 2.45) is 21.5 Å². The molecule has 0 aromatic heterocycles. The van der Waals surface area contributed by atoms with Gasteiger partial charge in [0.05, 0.1) is 11.3 Å². The third-order valence-electron chi connectivity index (χ3n) is 4.22. The SMILES string of the molecule is N#Cc1cc(Br)cc(I)c1N1C(N)=NC(N)=NC12CCCCC2. The first-order valence-corrected chi connectivity index (χ1v) is 9.23. The second-order valence-electron chi connectivity index (χ2n) is 5.71. The molecule has 0 amide bonds. The second kappa shape index (κ2) is 6.28. The molecule has 1 aromatic rings. The van der Waals surface area contributed by atoms with E-state index in [0.29, 0.717) is 11.5 Å². The van der Waals surface area contributed by atoms with Gasteiger partial charge in [-0.05, 0) is 60.4 Å². The van der Waals surface area contributed by atoms with Gasteiger partial charge in [0.15, 0.2) is 0 Å². The Balaban J connectivity index is 2.21. The highest BCUT2D eigenvalue weighted by atomic mass is 127. The third kappa shape index (κ3) is 2.92. The van der Waals surface area contributed by atoms with Crippen LogP contribution in [0.15, 0.2) is 26.6 Å². The van der Waals surface area contributed by atoms with E-state index in [0.717, 1.165) is 39.4 Å². The number of hydrogen-bond acceptors (Lipinski definition) is 6. The molecule has 1 aliphatic heterocycles. The zero-order valence-electron chi connectivity index (χ0n) is 12.4. The van der Waals surface area contributed by atoms with Gasteiger partial charge in [-0.15, -0.1) is 0 Å². The zero-order chi connectivity index (χ0) is 16.6. The summed E-state index contributed by atoms with van der Waals surface area (Å²) in [6.07, 6.45) is 4.97. The number of guanidine groups is 2. The molecule has 1 aromatic carbocycles. The Labute approximate surface area is 156 Å². The molecular formula is C15H16BrIN6. The first-order valence-electron chi connectivity index (χ1n) is 7.36. The van der Waals surface area contributed by atoms with Gasteiger partial charge in [0, 0.05) is 8.04 Å². The highest BCUT2D eigenvalue weighted by Gasteiger charge is 2.44. The molecule has 8 heteroatoms. The molecule has 0 radical (unpaired) electrons. The van der Waals surface area contributed by atoms with E-state index in [1.165, 1.54) is 6.42 Å². The molecule has 1 fully saturated rings. The van der Waals surface area contributed by atoms with Crippen LogP contribution in [0.5, 0.6) is 0 Å². The van der Waals surface area contributed by atoms with Gasteiger partial charge in [0.25, 0.3) is 0 Å². The van der Waals surface area contributed by atoms with Crippen molar-refractivity contribution in [3.05, 3.63) is 25.7 Å². The number of nitrogens with two attached hydrogens (primary N) is 2. The molecule has 6 nitrogen and oxygen atoms in total. The van der Waals surface area contributed by atoms with E-state index in [4.69, 9.17) is 11.5 Å². The smallest absolute Gasteiger partial charge is 0.220 e. The fraction of sp³-hybridized carbons (Fsp3) is 0.400. The van der Waals surface area contributed by atoms with Gasteiger partial charge in [-0.1, -0.05) is 22.4 Å². The maximum atomic E-state index is 9.58. The summed E-state index contributed by atoms with van der Waals surface area (Å²) in [5, 5.41) is 9.58. The van der Waals surface area contributed by atoms with Gasteiger partial charge in [0.2, 0.25) is 11.9 Å². The molecule has 2 aliphatic rings. The Morgan fingerprint density at radius 2 is 1.96 bits per heavy atom. The molecule has 0 unspecified atom stereocenters. The van der Waals surface area contributed by atoms with Crippen LogP contribution < -0.4 is 16.4 Å². The van der Waals surface area contributed by atoms with Crippen molar-refractivity contribution >= 4 is 56.1 Å². The van der Waals surface area contributed by atoms with Gasteiger partial charge in [0.1, 0.15) is 11.7 Å². The Kier molecular flexibility index (Phi) is 4.51. The van der Waals surface area contributed by atoms with Crippen LogP contribution in [0.4, 0.5) is 5.69 Å². The van der Waals surface area contributed by atoms with Crippen molar-refractivity contribution in [1.82, 2.24) is 0 Å². The highest BCUT2D eigenvalue weighted by molar-refractivity contribution is 14.1. The number of halogens is 2. The predicted molar refractivity (Wildman–Crippen MR) is 103 cm³/mol. The maximum Gasteiger partial charge on any atom is 0.220 e. The largest absolute Gasteiger partial charge is 0.369 e. The average molecular weight is 487 g/mol. The third-order valence-corrected chi connectivity index (χ3v) is 5.50. The summed E-state index contributed by atoms with van der Waals surface area (Å²) in [5.74, 6) is 0.516. The molecule has 3 rings (SSSR count). The topological polar surface area (TPSA) is 104 Å². The summed E-state index contributed by atoms with van der Waals surface area (Å²) in [7, 11) is 0. The molecule has 1 heterocycles. The molecule has 0 saturated heterocycles. The Morgan fingerprint density at radius 3 is 2.61 bits per heavy atom. The Hall–Kier alpha value is -1.34. The quantitative estimate of drug-likeness (QED) is 0.595. The lowest BCUT2D eigenvalue weighted by Crippen LogP contribution is -2.58. The molecule has 23 heavy (non-hydrogen) atoms. The van der Waals surface area contributed by atoms with Crippen molar-refractivity contribution in [1.29, 1.82) is 5.26 Å². The van der Waals surface area contributed by atoms with Crippen LogP contribution in [0, 0.1) is 14.9 Å². The minimum Gasteiger partial charge on any atom is -0.369 e. The standard InChI is InChI=1S/C15H16BrIN6/c16-10-6-9(8-18)12(11(17)7-10)23-14(20)21-13(19)22-15(23)4-2-1-3-5-15/h6-7H,1-5H2,(H4,19,20,21,22). The lowest BCUT2D eigenvalue weighted by molar-refractivity contribution is 0.305. The Bertz CT molecular complexity index is 745. The minimum atomic E-state index is -0.534. The van der Waals surface area contributed by atoms with Crippen LogP contribution >= 0.6 is 38.5 Å². The lowest BCUT2D eigenvalue weighted by atomic mass is 9.87. The van der Waals surface area contributed by atoms with E-state index in [-0.39, 0.29) is 5.96 Å². The van der Waals surface area contributed by atoms with Gasteiger partial charge in [-0.3, -0.25) is 4.90 Å². The molecule has 120 valence electrons. The summed E-state index contributed by atoms with van der Waals surface area (Å²) in [6.45, 7) is 0. The minimum absolute atomic E-state index is 0.214. The van der Waals surface area contributed by atoms with Gasteiger partial charge < -0.3 is 11.5 Å². The van der Waals surface area contributed by atoms with Crippen molar-refractivity contribution in [3.8, 4) is 6.07 Å². The number of nitriles is 1. The predicted octanol–water partition coefficient (Wildman–Crippen LogP) is 3.04. The fourth-order valence-electron chi connectivity index (χ4n) is 3.32. The van der Waals surface area contributed by atoms with Crippen molar-refractivity contribution in [3.63, 3.8) is 0 Å². The molecule has 1 aliphatic carbocycles. The van der Waals surface area contributed by atoms with E-state index in [2.05, 4.69) is 54.6 Å². The fourth-order valence-corrected chi connectivity index (χ4v) is 5.08. The first kappa shape index (κ1) is 16.5. The monoisotopic (exact) mass is 486 g/mol. The van der Waals surface area contributed by atoms with Crippen LogP contribution in [0.25, 0.3) is 0 Å². The van der Waals surface area contributed by atoms with Crippen LogP contribution in [0.3, 0.4) is 0 Å². The van der Waals surface area contributed by atoms with Crippen molar-refractivity contribution < 1.29 is 0 Å². The number of benzene rings is 1. The second-order valence-corrected chi connectivity index (χ2v) is 7.79. The van der Waals surface area contributed by atoms with E-state index in [1.807, 2.05) is 11.0 Å². The Morgan fingerprint density at radius 1 is 1.26 bits per heavy atom. The summed E-state index contributed by atoms with van der Waals surface area (Å²) < 4.78 is 1.78. The van der Waals surface area contributed by atoms with Gasteiger partial charge in [-0.25, -0.2) is 4.99 Å². The molecule has 1 saturated carbocycles. The zero-order valence-corrected chi connectivity index (χ0v) is 16.1. The molecule has 1 spiro atoms. The number of nitrogens with zero attached hydrogens (tertiary/aromatic N) is 4. The highest BCUT2D eigenvalue weighted by Crippen LogP contribution is 2.42. The van der Waals surface area contributed by atoms with Crippen LogP contribution in [-0.4, -0.2) is 17.6 Å². The van der Waals surface area contributed by atoms with Crippen molar-refractivity contribution in [2.75, 3.05) is 4.90 Å². The maximum absolute atomic E-state index is 9.58. The van der Waals surface area contributed by atoms with E-state index in [9.17, 15) is 5.26 Å². The van der Waals surface area contributed by atoms with Crippen molar-refractivity contribution in [2.45, 2.75) is 37.8 Å². The summed E-state index contributed by atoms with van der Waals surface area (Å²) in [6, 6.07) is 6.02. The van der Waals surface area contributed by atoms with Crippen LogP contribution in [0.1, 0.15) is 37.7 Å². The number of rotatable bonds is 1. The lowest BCUT2D eigenvalue weighted by Gasteiger charge is -2.46. The number of hydrogen-bond donors (Lipinski definition) is 2. The van der Waals surface area contributed by atoms with Crippen LogP contribution in [-0.2, 0) is 0 Å². The molecule has 4 N–H and O–H groups in total. The van der Waals surface area contributed by atoms with E-state index < -0.39 is 5.66 Å². The summed E-state index contributed by atoms with van der Waals surface area (Å²) >= 11 is 5.66. The first-order chi connectivity index (χ1) is 11.0. The molecule has 0 atom stereocenters.